The second-order valence-electron chi connectivity index (χ2n) is 1.85. The summed E-state index contributed by atoms with van der Waals surface area (Å²) in [6, 6.07) is 7.17. The first-order valence-electron chi connectivity index (χ1n) is 2.76. The summed E-state index contributed by atoms with van der Waals surface area (Å²) < 4.78 is 0. The maximum Gasteiger partial charge on any atom is 0.216 e. The summed E-state index contributed by atoms with van der Waals surface area (Å²) in [5.74, 6) is 0. The van der Waals surface area contributed by atoms with Gasteiger partial charge in [-0.15, -0.1) is 12.6 Å². The molecule has 49 valence electrons. The summed E-state index contributed by atoms with van der Waals surface area (Å²) in [7, 11) is 3.28. The monoisotopic (exact) mass is 165 g/mol. The van der Waals surface area contributed by atoms with Gasteiger partial charge in [-0.1, -0.05) is 29.5 Å². The molecule has 0 unspecified atom stereocenters. The third-order valence-corrected chi connectivity index (χ3v) is 1.83. The molecule has 0 N–H and O–H groups in total. The van der Waals surface area contributed by atoms with Gasteiger partial charge in [0.1, 0.15) is 0 Å². The molecule has 3 radical (unpaired) electrons. The van der Waals surface area contributed by atoms with E-state index in [2.05, 4.69) is 22.9 Å². The number of hydrogen-bond acceptors (Lipinski definition) is 1. The fourth-order valence-corrected chi connectivity index (χ4v) is 1.26. The van der Waals surface area contributed by atoms with Gasteiger partial charge in [0, 0.05) is 5.56 Å². The first-order valence-corrected chi connectivity index (χ1v) is 3.70. The molecule has 0 aliphatic carbocycles. The number of carbonyl (C=O) groups is 1. The summed E-state index contributed by atoms with van der Waals surface area (Å²) in [4.78, 5) is 10.7. The van der Waals surface area contributed by atoms with Gasteiger partial charge in [-0.05, 0) is 0 Å². The molecule has 1 aromatic rings. The van der Waals surface area contributed by atoms with Gasteiger partial charge >= 0.3 is 0 Å². The average Bonchev–Trinajstić information content (AvgIpc) is 1.88. The highest BCUT2D eigenvalue weighted by molar-refractivity contribution is 7.97. The number of rotatable bonds is 1. The molecule has 0 aliphatic heterocycles. The van der Waals surface area contributed by atoms with Gasteiger partial charge in [0.25, 0.3) is 0 Å². The van der Waals surface area contributed by atoms with Crippen LogP contribution < -0.4 is 5.19 Å². The third kappa shape index (κ3) is 1.49. The minimum atomic E-state index is -0.217. The lowest BCUT2D eigenvalue weighted by Gasteiger charge is -1.96. The standard InChI is InChI=1S/C7H5OSSi/c8-7(9)5-3-1-2-4-6(5)10/h1-4H,(H,8,9). The molecule has 10 heavy (non-hydrogen) atoms. The van der Waals surface area contributed by atoms with Crippen molar-refractivity contribution >= 4 is 33.2 Å². The van der Waals surface area contributed by atoms with E-state index < -0.39 is 0 Å². The molecule has 0 saturated carbocycles. The van der Waals surface area contributed by atoms with Crippen LogP contribution in [0, 0.1) is 0 Å². The molecule has 0 bridgehead atoms. The highest BCUT2D eigenvalue weighted by atomic mass is 32.1. The number of carbonyl (C=O) groups excluding carboxylic acids is 1. The van der Waals surface area contributed by atoms with Gasteiger partial charge < -0.3 is 0 Å². The largest absolute Gasteiger partial charge is 0.282 e. The van der Waals surface area contributed by atoms with E-state index in [-0.39, 0.29) is 5.12 Å². The van der Waals surface area contributed by atoms with E-state index in [9.17, 15) is 4.79 Å². The van der Waals surface area contributed by atoms with Gasteiger partial charge in [-0.2, -0.15) is 0 Å². The van der Waals surface area contributed by atoms with Crippen LogP contribution in [0.2, 0.25) is 0 Å². The van der Waals surface area contributed by atoms with Gasteiger partial charge in [-0.3, -0.25) is 4.79 Å². The Morgan fingerprint density at radius 3 is 2.40 bits per heavy atom. The van der Waals surface area contributed by atoms with Gasteiger partial charge in [0.2, 0.25) is 5.12 Å². The molecule has 0 amide bonds. The van der Waals surface area contributed by atoms with E-state index in [1.54, 1.807) is 18.2 Å². The number of benzene rings is 1. The third-order valence-electron chi connectivity index (χ3n) is 1.16. The first-order chi connectivity index (χ1) is 4.72. The lowest BCUT2D eigenvalue weighted by Crippen LogP contribution is -2.11. The van der Waals surface area contributed by atoms with E-state index in [4.69, 9.17) is 0 Å². The lowest BCUT2D eigenvalue weighted by molar-refractivity contribution is 0.109. The van der Waals surface area contributed by atoms with E-state index in [0.29, 0.717) is 5.56 Å². The average molecular weight is 165 g/mol. The topological polar surface area (TPSA) is 17.1 Å². The Morgan fingerprint density at radius 2 is 2.00 bits per heavy atom. The Kier molecular flexibility index (Phi) is 2.29. The van der Waals surface area contributed by atoms with Crippen molar-refractivity contribution < 1.29 is 4.79 Å². The van der Waals surface area contributed by atoms with Gasteiger partial charge in [0.05, 0.1) is 10.2 Å². The van der Waals surface area contributed by atoms with Crippen molar-refractivity contribution in [1.82, 2.24) is 0 Å². The van der Waals surface area contributed by atoms with Crippen LogP contribution in [0.4, 0.5) is 0 Å². The molecule has 0 atom stereocenters. The minimum Gasteiger partial charge on any atom is -0.282 e. The number of hydrogen-bond donors (Lipinski definition) is 1. The van der Waals surface area contributed by atoms with Crippen LogP contribution in [0.5, 0.6) is 0 Å². The Hall–Kier alpha value is -0.543. The van der Waals surface area contributed by atoms with E-state index in [1.807, 2.05) is 6.07 Å². The highest BCUT2D eigenvalue weighted by Gasteiger charge is 2.00. The van der Waals surface area contributed by atoms with Crippen LogP contribution in [-0.4, -0.2) is 15.4 Å². The normalized spacial score (nSPS) is 9.40. The molecule has 1 nitrogen and oxygen atoms in total. The maximum atomic E-state index is 10.7. The van der Waals surface area contributed by atoms with Crippen LogP contribution in [0.3, 0.4) is 0 Å². The molecular weight excluding hydrogens is 160 g/mol. The summed E-state index contributed by atoms with van der Waals surface area (Å²) in [6.07, 6.45) is 0. The summed E-state index contributed by atoms with van der Waals surface area (Å²) in [5.41, 5.74) is 0.600. The van der Waals surface area contributed by atoms with Gasteiger partial charge in [0.15, 0.2) is 0 Å². The van der Waals surface area contributed by atoms with Crippen LogP contribution in [-0.2, 0) is 0 Å². The van der Waals surface area contributed by atoms with E-state index >= 15 is 0 Å². The summed E-state index contributed by atoms with van der Waals surface area (Å²) in [6.45, 7) is 0. The molecule has 0 heterocycles. The Labute approximate surface area is 68.3 Å². The smallest absolute Gasteiger partial charge is 0.216 e. The second-order valence-corrected chi connectivity index (χ2v) is 2.80. The number of thiol groups is 1. The summed E-state index contributed by atoms with van der Waals surface area (Å²) in [5, 5.41) is 0.563. The zero-order valence-electron chi connectivity index (χ0n) is 5.16. The van der Waals surface area contributed by atoms with Crippen LogP contribution in [0.25, 0.3) is 0 Å². The quantitative estimate of drug-likeness (QED) is 0.475. The molecule has 1 rings (SSSR count). The molecule has 0 aliphatic rings. The zero-order chi connectivity index (χ0) is 7.56. The van der Waals surface area contributed by atoms with Crippen molar-refractivity contribution in [2.75, 3.05) is 0 Å². The van der Waals surface area contributed by atoms with Crippen molar-refractivity contribution in [3.63, 3.8) is 0 Å². The predicted molar refractivity (Wildman–Crippen MR) is 45.1 cm³/mol. The lowest BCUT2D eigenvalue weighted by atomic mass is 10.2. The molecule has 0 aromatic heterocycles. The fourth-order valence-electron chi connectivity index (χ4n) is 0.670. The Bertz CT molecular complexity index is 260. The molecule has 1 aromatic carbocycles. The molecule has 0 fully saturated rings. The van der Waals surface area contributed by atoms with E-state index in [1.165, 1.54) is 0 Å². The maximum absolute atomic E-state index is 10.7. The fraction of sp³-hybridized carbons (Fsp3) is 0. The van der Waals surface area contributed by atoms with Crippen molar-refractivity contribution in [3.8, 4) is 0 Å². The predicted octanol–water partition coefficient (Wildman–Crippen LogP) is 0.550. The molecule has 3 heteroatoms. The van der Waals surface area contributed by atoms with Crippen LogP contribution in [0.1, 0.15) is 10.4 Å². The van der Waals surface area contributed by atoms with Crippen LogP contribution >= 0.6 is 12.6 Å². The van der Waals surface area contributed by atoms with E-state index in [0.717, 1.165) is 5.19 Å². The first kappa shape index (κ1) is 7.56. The molecule has 0 saturated heterocycles. The minimum absolute atomic E-state index is 0.217. The van der Waals surface area contributed by atoms with Crippen molar-refractivity contribution in [3.05, 3.63) is 29.8 Å². The Morgan fingerprint density at radius 1 is 1.40 bits per heavy atom. The van der Waals surface area contributed by atoms with Crippen LogP contribution in [0.15, 0.2) is 24.3 Å². The van der Waals surface area contributed by atoms with Crippen molar-refractivity contribution in [2.24, 2.45) is 0 Å². The molecule has 0 spiro atoms. The zero-order valence-corrected chi connectivity index (χ0v) is 7.06. The molecular formula is C7H5OSSi. The van der Waals surface area contributed by atoms with Crippen molar-refractivity contribution in [1.29, 1.82) is 0 Å². The Balaban J connectivity index is 3.15. The van der Waals surface area contributed by atoms with Gasteiger partial charge in [-0.25, -0.2) is 0 Å². The summed E-state index contributed by atoms with van der Waals surface area (Å²) >= 11 is 3.69. The second kappa shape index (κ2) is 3.03. The SMILES string of the molecule is O=C(S)c1ccccc1[Si]. The van der Waals surface area contributed by atoms with Crippen molar-refractivity contribution in [2.45, 2.75) is 0 Å². The highest BCUT2D eigenvalue weighted by Crippen LogP contribution is 1.97.